The maximum atomic E-state index is 8.84. The van der Waals surface area contributed by atoms with E-state index in [1.54, 1.807) is 12.3 Å². The molecule has 0 saturated carbocycles. The van der Waals surface area contributed by atoms with Gasteiger partial charge >= 0.3 is 0 Å². The molecule has 0 radical (unpaired) electrons. The topological polar surface area (TPSA) is 45.2 Å². The van der Waals surface area contributed by atoms with Crippen LogP contribution in [0, 0.1) is 6.92 Å². The molecule has 0 aromatic carbocycles. The minimum absolute atomic E-state index is 0.000648. The summed E-state index contributed by atoms with van der Waals surface area (Å²) in [5, 5.41) is 12.5. The number of rotatable bonds is 3. The van der Waals surface area contributed by atoms with Crippen molar-refractivity contribution in [2.24, 2.45) is 0 Å². The van der Waals surface area contributed by atoms with Crippen molar-refractivity contribution in [1.82, 2.24) is 4.98 Å². The summed E-state index contributed by atoms with van der Waals surface area (Å²) in [5.41, 5.74) is 1.60. The number of hydrogen-bond acceptors (Lipinski definition) is 3. The summed E-state index contributed by atoms with van der Waals surface area (Å²) in [5.74, 6) is 0. The van der Waals surface area contributed by atoms with E-state index in [1.807, 2.05) is 13.8 Å². The Balaban J connectivity index is 2.83. The van der Waals surface area contributed by atoms with Gasteiger partial charge < -0.3 is 10.4 Å². The van der Waals surface area contributed by atoms with Crippen molar-refractivity contribution < 1.29 is 5.11 Å². The first-order valence-electron chi connectivity index (χ1n) is 4.13. The van der Waals surface area contributed by atoms with E-state index in [0.717, 1.165) is 11.4 Å². The summed E-state index contributed by atoms with van der Waals surface area (Å²) in [6.07, 6.45) is 1.69. The molecule has 1 atom stereocenters. The zero-order valence-corrected chi connectivity index (χ0v) is 8.47. The van der Waals surface area contributed by atoms with Crippen molar-refractivity contribution in [2.75, 3.05) is 11.9 Å². The van der Waals surface area contributed by atoms with Crippen LogP contribution < -0.4 is 5.32 Å². The molecule has 0 aliphatic rings. The van der Waals surface area contributed by atoms with E-state index in [4.69, 9.17) is 16.7 Å². The van der Waals surface area contributed by atoms with E-state index in [9.17, 15) is 0 Å². The monoisotopic (exact) mass is 200 g/mol. The molecule has 0 bridgehead atoms. The van der Waals surface area contributed by atoms with Crippen molar-refractivity contribution in [3.8, 4) is 0 Å². The molecule has 0 aliphatic heterocycles. The fraction of sp³-hybridized carbons (Fsp3) is 0.444. The van der Waals surface area contributed by atoms with Gasteiger partial charge in [0.25, 0.3) is 0 Å². The molecule has 0 amide bonds. The van der Waals surface area contributed by atoms with Crippen LogP contribution in [0.25, 0.3) is 0 Å². The van der Waals surface area contributed by atoms with Gasteiger partial charge in [0.05, 0.1) is 23.0 Å². The molecule has 2 N–H and O–H groups in total. The van der Waals surface area contributed by atoms with E-state index < -0.39 is 0 Å². The molecule has 1 heterocycles. The van der Waals surface area contributed by atoms with Crippen molar-refractivity contribution >= 4 is 17.3 Å². The quantitative estimate of drug-likeness (QED) is 0.783. The zero-order chi connectivity index (χ0) is 9.84. The summed E-state index contributed by atoms with van der Waals surface area (Å²) in [4.78, 5) is 4.04. The SMILES string of the molecule is Cc1nccc(NC(C)CO)c1Cl. The van der Waals surface area contributed by atoms with Gasteiger partial charge in [-0.25, -0.2) is 0 Å². The smallest absolute Gasteiger partial charge is 0.0849 e. The molecule has 13 heavy (non-hydrogen) atoms. The van der Waals surface area contributed by atoms with Crippen LogP contribution in [0.1, 0.15) is 12.6 Å². The highest BCUT2D eigenvalue weighted by atomic mass is 35.5. The molecule has 0 aliphatic carbocycles. The molecule has 72 valence electrons. The van der Waals surface area contributed by atoms with Gasteiger partial charge in [-0.15, -0.1) is 0 Å². The Hall–Kier alpha value is -0.800. The molecular weight excluding hydrogens is 188 g/mol. The minimum atomic E-state index is -0.000648. The van der Waals surface area contributed by atoms with E-state index in [-0.39, 0.29) is 12.6 Å². The van der Waals surface area contributed by atoms with Gasteiger partial charge in [-0.05, 0) is 19.9 Å². The zero-order valence-electron chi connectivity index (χ0n) is 7.71. The fourth-order valence-corrected chi connectivity index (χ4v) is 1.14. The Morgan fingerprint density at radius 3 is 3.00 bits per heavy atom. The molecule has 1 unspecified atom stereocenters. The van der Waals surface area contributed by atoms with E-state index in [1.165, 1.54) is 0 Å². The van der Waals surface area contributed by atoms with Crippen LogP contribution in [0.5, 0.6) is 0 Å². The Morgan fingerprint density at radius 1 is 1.69 bits per heavy atom. The first-order chi connectivity index (χ1) is 6.15. The number of aliphatic hydroxyl groups excluding tert-OH is 1. The van der Waals surface area contributed by atoms with Crippen molar-refractivity contribution in [3.63, 3.8) is 0 Å². The number of aryl methyl sites for hydroxylation is 1. The Kier molecular flexibility index (Phi) is 3.51. The van der Waals surface area contributed by atoms with Gasteiger partial charge in [0.1, 0.15) is 0 Å². The van der Waals surface area contributed by atoms with Crippen LogP contribution in [-0.4, -0.2) is 22.7 Å². The Bertz CT molecular complexity index is 291. The Labute approximate surface area is 82.8 Å². The number of pyridine rings is 1. The maximum Gasteiger partial charge on any atom is 0.0849 e. The summed E-state index contributed by atoms with van der Waals surface area (Å²) in [6, 6.07) is 1.79. The molecule has 3 nitrogen and oxygen atoms in total. The molecular formula is C9H13ClN2O. The van der Waals surface area contributed by atoms with E-state index in [2.05, 4.69) is 10.3 Å². The summed E-state index contributed by atoms with van der Waals surface area (Å²) >= 11 is 5.99. The van der Waals surface area contributed by atoms with Gasteiger partial charge in [0.2, 0.25) is 0 Å². The van der Waals surface area contributed by atoms with Crippen LogP contribution in [0.4, 0.5) is 5.69 Å². The van der Waals surface area contributed by atoms with Crippen LogP contribution in [0.2, 0.25) is 5.02 Å². The largest absolute Gasteiger partial charge is 0.394 e. The molecule has 4 heteroatoms. The van der Waals surface area contributed by atoms with Gasteiger partial charge in [-0.3, -0.25) is 4.98 Å². The molecule has 1 aromatic heterocycles. The standard InChI is InChI=1S/C9H13ClN2O/c1-6(5-13)12-8-3-4-11-7(2)9(8)10/h3-4,6,13H,5H2,1-2H3,(H,11,12). The van der Waals surface area contributed by atoms with E-state index >= 15 is 0 Å². The number of aromatic nitrogens is 1. The second-order valence-corrected chi connectivity index (χ2v) is 3.36. The predicted molar refractivity (Wildman–Crippen MR) is 54.2 cm³/mol. The molecule has 1 rings (SSSR count). The van der Waals surface area contributed by atoms with Gasteiger partial charge in [-0.1, -0.05) is 11.6 Å². The number of aliphatic hydroxyl groups is 1. The number of nitrogens with one attached hydrogen (secondary N) is 1. The molecule has 0 spiro atoms. The number of nitrogens with zero attached hydrogens (tertiary/aromatic N) is 1. The van der Waals surface area contributed by atoms with Crippen LogP contribution in [0.3, 0.4) is 0 Å². The number of anilines is 1. The number of halogens is 1. The normalized spacial score (nSPS) is 12.6. The van der Waals surface area contributed by atoms with Crippen molar-refractivity contribution in [3.05, 3.63) is 23.0 Å². The first kappa shape index (κ1) is 10.3. The third-order valence-corrected chi connectivity index (χ3v) is 2.22. The summed E-state index contributed by atoms with van der Waals surface area (Å²) in [6.45, 7) is 3.81. The lowest BCUT2D eigenvalue weighted by atomic mass is 10.3. The third-order valence-electron chi connectivity index (χ3n) is 1.74. The van der Waals surface area contributed by atoms with Crippen LogP contribution in [-0.2, 0) is 0 Å². The van der Waals surface area contributed by atoms with Gasteiger partial charge in [-0.2, -0.15) is 0 Å². The lowest BCUT2D eigenvalue weighted by Gasteiger charge is -2.13. The molecule has 0 fully saturated rings. The minimum Gasteiger partial charge on any atom is -0.394 e. The highest BCUT2D eigenvalue weighted by Crippen LogP contribution is 2.23. The first-order valence-corrected chi connectivity index (χ1v) is 4.51. The highest BCUT2D eigenvalue weighted by Gasteiger charge is 2.05. The molecule has 0 saturated heterocycles. The molecule has 1 aromatic rings. The lowest BCUT2D eigenvalue weighted by molar-refractivity contribution is 0.281. The average Bonchev–Trinajstić information content (AvgIpc) is 2.13. The lowest BCUT2D eigenvalue weighted by Crippen LogP contribution is -2.19. The predicted octanol–water partition coefficient (Wildman–Crippen LogP) is 1.84. The summed E-state index contributed by atoms with van der Waals surface area (Å²) in [7, 11) is 0. The van der Waals surface area contributed by atoms with Crippen LogP contribution >= 0.6 is 11.6 Å². The average molecular weight is 201 g/mol. The third kappa shape index (κ3) is 2.57. The number of hydrogen-bond donors (Lipinski definition) is 2. The Morgan fingerprint density at radius 2 is 2.38 bits per heavy atom. The fourth-order valence-electron chi connectivity index (χ4n) is 0.971. The van der Waals surface area contributed by atoms with Gasteiger partial charge in [0, 0.05) is 12.2 Å². The van der Waals surface area contributed by atoms with E-state index in [0.29, 0.717) is 5.02 Å². The maximum absolute atomic E-state index is 8.84. The second-order valence-electron chi connectivity index (χ2n) is 2.99. The highest BCUT2D eigenvalue weighted by molar-refractivity contribution is 6.33. The summed E-state index contributed by atoms with van der Waals surface area (Å²) < 4.78 is 0. The van der Waals surface area contributed by atoms with Crippen molar-refractivity contribution in [1.29, 1.82) is 0 Å². The van der Waals surface area contributed by atoms with Crippen molar-refractivity contribution in [2.45, 2.75) is 19.9 Å². The second kappa shape index (κ2) is 4.44. The van der Waals surface area contributed by atoms with Gasteiger partial charge in [0.15, 0.2) is 0 Å². The van der Waals surface area contributed by atoms with Crippen LogP contribution in [0.15, 0.2) is 12.3 Å².